The minimum Gasteiger partial charge on any atom is -0.496 e. The summed E-state index contributed by atoms with van der Waals surface area (Å²) in [6, 6.07) is 6.57. The van der Waals surface area contributed by atoms with Crippen LogP contribution in [0.2, 0.25) is 0 Å². The van der Waals surface area contributed by atoms with Gasteiger partial charge in [-0.25, -0.2) is 0 Å². The average molecular weight is 289 g/mol. The molecular formula is C19H31NO. The third kappa shape index (κ3) is 4.74. The highest BCUT2D eigenvalue weighted by Crippen LogP contribution is 2.34. The standard InChI is InChI=1S/C19H31NO/c1-4-11-20-14-18(16-7-5-6-8-16)13-17-12-15(2)9-10-19(17)21-3/h9-10,12,16,18,20H,4-8,11,13-14H2,1-3H3. The zero-order chi connectivity index (χ0) is 15.1. The molecule has 1 N–H and O–H groups in total. The molecule has 0 amide bonds. The number of hydrogen-bond acceptors (Lipinski definition) is 2. The molecule has 1 aliphatic rings. The normalized spacial score (nSPS) is 17.1. The Bertz CT molecular complexity index is 424. The van der Waals surface area contributed by atoms with Gasteiger partial charge >= 0.3 is 0 Å². The van der Waals surface area contributed by atoms with Crippen molar-refractivity contribution in [3.8, 4) is 5.75 Å². The lowest BCUT2D eigenvalue weighted by Gasteiger charge is -2.25. The zero-order valence-electron chi connectivity index (χ0n) is 14.0. The molecule has 1 aliphatic carbocycles. The van der Waals surface area contributed by atoms with Crippen LogP contribution in [0.3, 0.4) is 0 Å². The van der Waals surface area contributed by atoms with Gasteiger partial charge in [0.1, 0.15) is 5.75 Å². The van der Waals surface area contributed by atoms with Gasteiger partial charge in [0.25, 0.3) is 0 Å². The van der Waals surface area contributed by atoms with Crippen LogP contribution in [0.5, 0.6) is 5.75 Å². The Morgan fingerprint density at radius 1 is 1.29 bits per heavy atom. The average Bonchev–Trinajstić information content (AvgIpc) is 3.01. The largest absolute Gasteiger partial charge is 0.496 e. The molecule has 0 spiro atoms. The van der Waals surface area contributed by atoms with Crippen LogP contribution in [0, 0.1) is 18.8 Å². The molecule has 1 unspecified atom stereocenters. The number of rotatable bonds is 8. The Hall–Kier alpha value is -1.02. The number of aryl methyl sites for hydroxylation is 1. The topological polar surface area (TPSA) is 21.3 Å². The Kier molecular flexibility index (Phi) is 6.56. The van der Waals surface area contributed by atoms with Crippen LogP contribution in [0.1, 0.15) is 50.2 Å². The molecule has 0 saturated heterocycles. The SMILES string of the molecule is CCCNCC(Cc1cc(C)ccc1OC)C1CCCC1. The van der Waals surface area contributed by atoms with E-state index in [1.807, 2.05) is 0 Å². The summed E-state index contributed by atoms with van der Waals surface area (Å²) in [5.41, 5.74) is 2.71. The van der Waals surface area contributed by atoms with E-state index in [0.29, 0.717) is 0 Å². The first kappa shape index (κ1) is 16.4. The maximum Gasteiger partial charge on any atom is 0.122 e. The fourth-order valence-electron chi connectivity index (χ4n) is 3.65. The first-order valence-electron chi connectivity index (χ1n) is 8.58. The lowest BCUT2D eigenvalue weighted by atomic mass is 9.85. The second-order valence-corrected chi connectivity index (χ2v) is 6.53. The quantitative estimate of drug-likeness (QED) is 0.718. The minimum atomic E-state index is 0.745. The van der Waals surface area contributed by atoms with E-state index in [4.69, 9.17) is 4.74 Å². The summed E-state index contributed by atoms with van der Waals surface area (Å²) in [5, 5.41) is 3.64. The summed E-state index contributed by atoms with van der Waals surface area (Å²) in [6.45, 7) is 6.69. The van der Waals surface area contributed by atoms with Crippen LogP contribution >= 0.6 is 0 Å². The van der Waals surface area contributed by atoms with Gasteiger partial charge in [-0.2, -0.15) is 0 Å². The van der Waals surface area contributed by atoms with Gasteiger partial charge in [0.05, 0.1) is 7.11 Å². The molecule has 0 radical (unpaired) electrons. The van der Waals surface area contributed by atoms with Crippen molar-refractivity contribution < 1.29 is 4.74 Å². The van der Waals surface area contributed by atoms with E-state index >= 15 is 0 Å². The van der Waals surface area contributed by atoms with E-state index < -0.39 is 0 Å². The molecule has 2 nitrogen and oxygen atoms in total. The van der Waals surface area contributed by atoms with Crippen molar-refractivity contribution in [3.05, 3.63) is 29.3 Å². The van der Waals surface area contributed by atoms with Crippen LogP contribution < -0.4 is 10.1 Å². The van der Waals surface area contributed by atoms with E-state index in [9.17, 15) is 0 Å². The van der Waals surface area contributed by atoms with E-state index in [-0.39, 0.29) is 0 Å². The van der Waals surface area contributed by atoms with Crippen LogP contribution in [0.25, 0.3) is 0 Å². The van der Waals surface area contributed by atoms with Gasteiger partial charge in [0, 0.05) is 0 Å². The molecule has 0 bridgehead atoms. The van der Waals surface area contributed by atoms with Gasteiger partial charge < -0.3 is 10.1 Å². The second kappa shape index (κ2) is 8.43. The molecule has 0 heterocycles. The van der Waals surface area contributed by atoms with Gasteiger partial charge in [0.15, 0.2) is 0 Å². The molecule has 0 aromatic heterocycles. The van der Waals surface area contributed by atoms with Crippen molar-refractivity contribution in [2.75, 3.05) is 20.2 Å². The summed E-state index contributed by atoms with van der Waals surface area (Å²) in [6.07, 6.45) is 8.01. The molecule has 1 aromatic rings. The van der Waals surface area contributed by atoms with Crippen molar-refractivity contribution in [2.45, 2.75) is 52.4 Å². The molecule has 1 fully saturated rings. The van der Waals surface area contributed by atoms with Crippen molar-refractivity contribution in [3.63, 3.8) is 0 Å². The summed E-state index contributed by atoms with van der Waals surface area (Å²) in [7, 11) is 1.79. The summed E-state index contributed by atoms with van der Waals surface area (Å²) < 4.78 is 5.57. The van der Waals surface area contributed by atoms with E-state index in [0.717, 1.165) is 37.1 Å². The Labute approximate surface area is 130 Å². The van der Waals surface area contributed by atoms with Gasteiger partial charge in [0.2, 0.25) is 0 Å². The van der Waals surface area contributed by atoms with Gasteiger partial charge in [-0.15, -0.1) is 0 Å². The fourth-order valence-corrected chi connectivity index (χ4v) is 3.65. The van der Waals surface area contributed by atoms with Crippen LogP contribution in [-0.2, 0) is 6.42 Å². The first-order valence-corrected chi connectivity index (χ1v) is 8.58. The smallest absolute Gasteiger partial charge is 0.122 e. The lowest BCUT2D eigenvalue weighted by molar-refractivity contribution is 0.316. The highest BCUT2D eigenvalue weighted by Gasteiger charge is 2.25. The Balaban J connectivity index is 2.07. The summed E-state index contributed by atoms with van der Waals surface area (Å²) >= 11 is 0. The number of ether oxygens (including phenoxy) is 1. The van der Waals surface area contributed by atoms with Crippen molar-refractivity contribution in [1.82, 2.24) is 5.32 Å². The van der Waals surface area contributed by atoms with Crippen molar-refractivity contribution in [2.24, 2.45) is 11.8 Å². The second-order valence-electron chi connectivity index (χ2n) is 6.53. The van der Waals surface area contributed by atoms with Crippen molar-refractivity contribution in [1.29, 1.82) is 0 Å². The number of nitrogens with one attached hydrogen (secondary N) is 1. The molecule has 118 valence electrons. The molecule has 2 rings (SSSR count). The van der Waals surface area contributed by atoms with Crippen molar-refractivity contribution >= 4 is 0 Å². The Morgan fingerprint density at radius 2 is 2.05 bits per heavy atom. The molecule has 21 heavy (non-hydrogen) atoms. The maximum atomic E-state index is 5.57. The van der Waals surface area contributed by atoms with Gasteiger partial charge in [-0.05, 0) is 56.3 Å². The lowest BCUT2D eigenvalue weighted by Crippen LogP contribution is -2.29. The molecular weight excluding hydrogens is 258 g/mol. The predicted molar refractivity (Wildman–Crippen MR) is 90.0 cm³/mol. The zero-order valence-corrected chi connectivity index (χ0v) is 14.0. The molecule has 2 heteroatoms. The molecule has 1 atom stereocenters. The third-order valence-corrected chi connectivity index (χ3v) is 4.82. The first-order chi connectivity index (χ1) is 10.2. The van der Waals surface area contributed by atoms with Gasteiger partial charge in [-0.3, -0.25) is 0 Å². The summed E-state index contributed by atoms with van der Waals surface area (Å²) in [4.78, 5) is 0. The summed E-state index contributed by atoms with van der Waals surface area (Å²) in [5.74, 6) is 2.69. The number of benzene rings is 1. The van der Waals surface area contributed by atoms with Gasteiger partial charge in [-0.1, -0.05) is 50.3 Å². The third-order valence-electron chi connectivity index (χ3n) is 4.82. The van der Waals surface area contributed by atoms with Crippen LogP contribution in [0.15, 0.2) is 18.2 Å². The highest BCUT2D eigenvalue weighted by molar-refractivity contribution is 5.37. The Morgan fingerprint density at radius 3 is 2.71 bits per heavy atom. The van der Waals surface area contributed by atoms with E-state index in [1.165, 1.54) is 43.2 Å². The number of hydrogen-bond donors (Lipinski definition) is 1. The van der Waals surface area contributed by atoms with E-state index in [1.54, 1.807) is 7.11 Å². The van der Waals surface area contributed by atoms with Crippen LogP contribution in [0.4, 0.5) is 0 Å². The maximum absolute atomic E-state index is 5.57. The molecule has 1 saturated carbocycles. The monoisotopic (exact) mass is 289 g/mol. The molecule has 1 aromatic carbocycles. The predicted octanol–water partition coefficient (Wildman–Crippen LogP) is 4.35. The highest BCUT2D eigenvalue weighted by atomic mass is 16.5. The fraction of sp³-hybridized carbons (Fsp3) is 0.684. The minimum absolute atomic E-state index is 0.745. The van der Waals surface area contributed by atoms with E-state index in [2.05, 4.69) is 37.4 Å². The number of methoxy groups -OCH3 is 1. The van der Waals surface area contributed by atoms with Crippen LogP contribution in [-0.4, -0.2) is 20.2 Å². The molecule has 0 aliphatic heterocycles.